The van der Waals surface area contributed by atoms with Gasteiger partial charge in [0, 0.05) is 39.1 Å². The third kappa shape index (κ3) is 4.44. The van der Waals surface area contributed by atoms with Gasteiger partial charge in [0.1, 0.15) is 0 Å². The zero-order valence-electron chi connectivity index (χ0n) is 13.8. The molecule has 2 saturated heterocycles. The first kappa shape index (κ1) is 18.5. The number of morpholine rings is 1. The van der Waals surface area contributed by atoms with Crippen LogP contribution < -0.4 is 10.2 Å². The van der Waals surface area contributed by atoms with Crippen molar-refractivity contribution < 1.29 is 14.3 Å². The zero-order chi connectivity index (χ0) is 17.8. The molecule has 25 heavy (non-hydrogen) atoms. The lowest BCUT2D eigenvalue weighted by Gasteiger charge is -2.26. The second kappa shape index (κ2) is 8.36. The van der Waals surface area contributed by atoms with Crippen molar-refractivity contribution in [3.63, 3.8) is 0 Å². The summed E-state index contributed by atoms with van der Waals surface area (Å²) in [7, 11) is 0. The topological polar surface area (TPSA) is 61.9 Å². The van der Waals surface area contributed by atoms with Gasteiger partial charge in [-0.25, -0.2) is 0 Å². The molecular formula is C17H21Cl2N3O3. The minimum Gasteiger partial charge on any atom is -0.379 e. The van der Waals surface area contributed by atoms with Gasteiger partial charge in [-0.3, -0.25) is 14.5 Å². The Morgan fingerprint density at radius 2 is 2.04 bits per heavy atom. The van der Waals surface area contributed by atoms with E-state index >= 15 is 0 Å². The highest BCUT2D eigenvalue weighted by Crippen LogP contribution is 2.35. The molecular weight excluding hydrogens is 365 g/mol. The zero-order valence-corrected chi connectivity index (χ0v) is 15.4. The molecule has 2 aliphatic heterocycles. The number of ether oxygens (including phenoxy) is 1. The summed E-state index contributed by atoms with van der Waals surface area (Å²) >= 11 is 12.2. The van der Waals surface area contributed by atoms with Gasteiger partial charge in [-0.05, 0) is 12.1 Å². The number of amides is 2. The molecule has 3 rings (SSSR count). The lowest BCUT2D eigenvalue weighted by molar-refractivity contribution is -0.126. The standard InChI is InChI=1S/C17H21Cl2N3O3/c18-13-2-1-3-14(16(13)19)22-11-12(10-15(22)23)17(24)20-4-5-21-6-8-25-9-7-21/h1-3,12H,4-11H2,(H,20,24). The molecule has 2 aliphatic rings. The Morgan fingerprint density at radius 3 is 2.80 bits per heavy atom. The highest BCUT2D eigenvalue weighted by atomic mass is 35.5. The van der Waals surface area contributed by atoms with E-state index in [1.165, 1.54) is 0 Å². The molecule has 0 bridgehead atoms. The van der Waals surface area contributed by atoms with Gasteiger partial charge in [-0.15, -0.1) is 0 Å². The quantitative estimate of drug-likeness (QED) is 0.839. The largest absolute Gasteiger partial charge is 0.379 e. The fraction of sp³-hybridized carbons (Fsp3) is 0.529. The number of hydrogen-bond donors (Lipinski definition) is 1. The van der Waals surface area contributed by atoms with Crippen LogP contribution in [0.5, 0.6) is 0 Å². The number of carbonyl (C=O) groups is 2. The number of hydrogen-bond acceptors (Lipinski definition) is 4. The molecule has 0 radical (unpaired) electrons. The minimum atomic E-state index is -0.368. The van der Waals surface area contributed by atoms with Crippen molar-refractivity contribution in [3.05, 3.63) is 28.2 Å². The normalized spacial score (nSPS) is 21.6. The smallest absolute Gasteiger partial charge is 0.227 e. The maximum atomic E-state index is 12.4. The van der Waals surface area contributed by atoms with Gasteiger partial charge in [0.15, 0.2) is 0 Å². The monoisotopic (exact) mass is 385 g/mol. The van der Waals surface area contributed by atoms with Crippen LogP contribution in [-0.4, -0.2) is 62.7 Å². The molecule has 8 heteroatoms. The van der Waals surface area contributed by atoms with Gasteiger partial charge in [-0.1, -0.05) is 29.3 Å². The summed E-state index contributed by atoms with van der Waals surface area (Å²) in [6.07, 6.45) is 0.187. The summed E-state index contributed by atoms with van der Waals surface area (Å²) in [5, 5.41) is 3.66. The van der Waals surface area contributed by atoms with E-state index in [0.29, 0.717) is 28.8 Å². The summed E-state index contributed by atoms with van der Waals surface area (Å²) in [5.41, 5.74) is 0.558. The minimum absolute atomic E-state index is 0.0951. The molecule has 1 aromatic rings. The van der Waals surface area contributed by atoms with E-state index in [1.807, 2.05) is 0 Å². The molecule has 6 nitrogen and oxygen atoms in total. The molecule has 2 fully saturated rings. The summed E-state index contributed by atoms with van der Waals surface area (Å²) in [6, 6.07) is 5.15. The molecule has 1 N–H and O–H groups in total. The van der Waals surface area contributed by atoms with Crippen molar-refractivity contribution in [1.29, 1.82) is 0 Å². The molecule has 0 saturated carbocycles. The second-order valence-corrected chi connectivity index (χ2v) is 7.01. The van der Waals surface area contributed by atoms with Crippen LogP contribution in [-0.2, 0) is 14.3 Å². The Bertz CT molecular complexity index is 650. The molecule has 1 aromatic carbocycles. The van der Waals surface area contributed by atoms with E-state index in [9.17, 15) is 9.59 Å². The van der Waals surface area contributed by atoms with Crippen LogP contribution in [0.25, 0.3) is 0 Å². The first-order valence-corrected chi connectivity index (χ1v) is 9.14. The van der Waals surface area contributed by atoms with Crippen molar-refractivity contribution in [2.24, 2.45) is 5.92 Å². The van der Waals surface area contributed by atoms with Gasteiger partial charge >= 0.3 is 0 Å². The molecule has 2 amide bonds. The Kier molecular flexibility index (Phi) is 6.17. The SMILES string of the molecule is O=C(NCCN1CCOCC1)C1CC(=O)N(c2cccc(Cl)c2Cl)C1. The van der Waals surface area contributed by atoms with Gasteiger partial charge < -0.3 is 15.0 Å². The maximum Gasteiger partial charge on any atom is 0.227 e. The predicted molar refractivity (Wildman–Crippen MR) is 97.2 cm³/mol. The fourth-order valence-corrected chi connectivity index (χ4v) is 3.52. The third-order valence-electron chi connectivity index (χ3n) is 4.55. The Morgan fingerprint density at radius 1 is 1.28 bits per heavy atom. The van der Waals surface area contributed by atoms with Gasteiger partial charge in [0.2, 0.25) is 11.8 Å². The van der Waals surface area contributed by atoms with Crippen molar-refractivity contribution in [2.75, 3.05) is 50.8 Å². The van der Waals surface area contributed by atoms with Crippen molar-refractivity contribution >= 4 is 40.7 Å². The molecule has 0 aromatic heterocycles. The predicted octanol–water partition coefficient (Wildman–Crippen LogP) is 1.79. The third-order valence-corrected chi connectivity index (χ3v) is 5.36. The van der Waals surface area contributed by atoms with Crippen LogP contribution in [0.3, 0.4) is 0 Å². The fourth-order valence-electron chi connectivity index (χ4n) is 3.12. The number of rotatable bonds is 5. The van der Waals surface area contributed by atoms with Gasteiger partial charge in [0.25, 0.3) is 0 Å². The molecule has 0 spiro atoms. The Balaban J connectivity index is 1.53. The molecule has 2 heterocycles. The van der Waals surface area contributed by atoms with Crippen LogP contribution >= 0.6 is 23.2 Å². The molecule has 136 valence electrons. The lowest BCUT2D eigenvalue weighted by Crippen LogP contribution is -2.42. The van der Waals surface area contributed by atoms with Gasteiger partial charge in [0.05, 0.1) is 34.9 Å². The van der Waals surface area contributed by atoms with Crippen LogP contribution in [0.15, 0.2) is 18.2 Å². The van der Waals surface area contributed by atoms with Crippen molar-refractivity contribution in [2.45, 2.75) is 6.42 Å². The number of nitrogens with one attached hydrogen (secondary N) is 1. The van der Waals surface area contributed by atoms with Crippen LogP contribution in [0.1, 0.15) is 6.42 Å². The summed E-state index contributed by atoms with van der Waals surface area (Å²) < 4.78 is 5.30. The van der Waals surface area contributed by atoms with Crippen molar-refractivity contribution in [3.8, 4) is 0 Å². The number of halogens is 2. The Hall–Kier alpha value is -1.34. The van der Waals surface area contributed by atoms with Crippen LogP contribution in [0, 0.1) is 5.92 Å². The van der Waals surface area contributed by atoms with E-state index in [1.54, 1.807) is 23.1 Å². The number of nitrogens with zero attached hydrogens (tertiary/aromatic N) is 2. The van der Waals surface area contributed by atoms with E-state index in [4.69, 9.17) is 27.9 Å². The maximum absolute atomic E-state index is 12.4. The van der Waals surface area contributed by atoms with E-state index < -0.39 is 0 Å². The summed E-state index contributed by atoms with van der Waals surface area (Å²) in [6.45, 7) is 4.93. The number of carbonyl (C=O) groups excluding carboxylic acids is 2. The first-order chi connectivity index (χ1) is 12.1. The lowest BCUT2D eigenvalue weighted by atomic mass is 10.1. The molecule has 0 aliphatic carbocycles. The highest BCUT2D eigenvalue weighted by Gasteiger charge is 2.36. The van der Waals surface area contributed by atoms with E-state index in [-0.39, 0.29) is 24.2 Å². The van der Waals surface area contributed by atoms with Crippen molar-refractivity contribution in [1.82, 2.24) is 10.2 Å². The summed E-state index contributed by atoms with van der Waals surface area (Å²) in [5.74, 6) is -0.577. The molecule has 1 unspecified atom stereocenters. The number of anilines is 1. The second-order valence-electron chi connectivity index (χ2n) is 6.22. The van der Waals surface area contributed by atoms with E-state index in [0.717, 1.165) is 32.8 Å². The Labute approximate surface area is 157 Å². The molecule has 1 atom stereocenters. The number of benzene rings is 1. The van der Waals surface area contributed by atoms with Crippen LogP contribution in [0.4, 0.5) is 5.69 Å². The van der Waals surface area contributed by atoms with Gasteiger partial charge in [-0.2, -0.15) is 0 Å². The average Bonchev–Trinajstić information content (AvgIpc) is 3.00. The first-order valence-electron chi connectivity index (χ1n) is 8.38. The van der Waals surface area contributed by atoms with Crippen LogP contribution in [0.2, 0.25) is 10.0 Å². The summed E-state index contributed by atoms with van der Waals surface area (Å²) in [4.78, 5) is 28.5. The average molecular weight is 386 g/mol. The highest BCUT2D eigenvalue weighted by molar-refractivity contribution is 6.44. The van der Waals surface area contributed by atoms with E-state index in [2.05, 4.69) is 10.2 Å².